The van der Waals surface area contributed by atoms with Crippen LogP contribution in [0.3, 0.4) is 0 Å². The number of likely N-dealkylation sites (tertiary alicyclic amines) is 1. The molecule has 2 heteroatoms. The highest BCUT2D eigenvalue weighted by Crippen LogP contribution is 2.33. The summed E-state index contributed by atoms with van der Waals surface area (Å²) < 4.78 is 0. The molecule has 2 unspecified atom stereocenters. The third-order valence-corrected chi connectivity index (χ3v) is 2.96. The minimum absolute atomic E-state index is 0.512. The zero-order valence-corrected chi connectivity index (χ0v) is 7.29. The molecule has 0 aromatic rings. The molecule has 64 valence electrons. The highest BCUT2D eigenvalue weighted by Gasteiger charge is 2.43. The molecule has 1 saturated carbocycles. The molecule has 0 aromatic heterocycles. The van der Waals surface area contributed by atoms with E-state index in [0.717, 1.165) is 12.0 Å². The van der Waals surface area contributed by atoms with Crippen LogP contribution in [-0.2, 0) is 0 Å². The van der Waals surface area contributed by atoms with Gasteiger partial charge in [0, 0.05) is 25.2 Å². The van der Waals surface area contributed by atoms with E-state index in [-0.39, 0.29) is 0 Å². The molecule has 0 bridgehead atoms. The Morgan fingerprint density at radius 3 is 2.55 bits per heavy atom. The van der Waals surface area contributed by atoms with Crippen molar-refractivity contribution in [1.82, 2.24) is 4.90 Å². The van der Waals surface area contributed by atoms with E-state index in [1.165, 1.54) is 32.4 Å². The molecule has 0 aromatic carbocycles. The first kappa shape index (κ1) is 7.56. The Morgan fingerprint density at radius 1 is 1.45 bits per heavy atom. The van der Waals surface area contributed by atoms with Gasteiger partial charge >= 0.3 is 0 Å². The van der Waals surface area contributed by atoms with Crippen molar-refractivity contribution in [1.29, 1.82) is 0 Å². The maximum Gasteiger partial charge on any atom is 0.0263 e. The van der Waals surface area contributed by atoms with Crippen LogP contribution in [-0.4, -0.2) is 30.1 Å². The van der Waals surface area contributed by atoms with Gasteiger partial charge in [-0.25, -0.2) is 0 Å². The zero-order chi connectivity index (χ0) is 7.84. The normalized spacial score (nSPS) is 38.7. The van der Waals surface area contributed by atoms with Crippen LogP contribution in [0.1, 0.15) is 26.2 Å². The van der Waals surface area contributed by atoms with Gasteiger partial charge in [-0.15, -0.1) is 0 Å². The van der Waals surface area contributed by atoms with Crippen LogP contribution in [0, 0.1) is 5.92 Å². The first-order valence-corrected chi connectivity index (χ1v) is 4.81. The predicted octanol–water partition coefficient (Wildman–Crippen LogP) is 0.818. The third kappa shape index (κ3) is 1.42. The molecule has 1 heterocycles. The van der Waals surface area contributed by atoms with Gasteiger partial charge in [0.05, 0.1) is 0 Å². The van der Waals surface area contributed by atoms with Crippen molar-refractivity contribution in [3.63, 3.8) is 0 Å². The second-order valence-electron chi connectivity index (χ2n) is 4.08. The van der Waals surface area contributed by atoms with Gasteiger partial charge in [-0.2, -0.15) is 0 Å². The molecule has 2 aliphatic rings. The molecule has 2 atom stereocenters. The molecule has 11 heavy (non-hydrogen) atoms. The lowest BCUT2D eigenvalue weighted by Gasteiger charge is -2.39. The van der Waals surface area contributed by atoms with E-state index in [4.69, 9.17) is 5.73 Å². The van der Waals surface area contributed by atoms with Crippen molar-refractivity contribution in [2.75, 3.05) is 13.1 Å². The summed E-state index contributed by atoms with van der Waals surface area (Å²) in [5.41, 5.74) is 5.75. The molecule has 0 spiro atoms. The van der Waals surface area contributed by atoms with Crippen molar-refractivity contribution in [3.05, 3.63) is 0 Å². The predicted molar refractivity (Wildman–Crippen MR) is 46.4 cm³/mol. The van der Waals surface area contributed by atoms with Crippen LogP contribution in [0.4, 0.5) is 0 Å². The summed E-state index contributed by atoms with van der Waals surface area (Å²) in [4.78, 5) is 2.55. The first-order chi connectivity index (χ1) is 5.31. The Kier molecular flexibility index (Phi) is 1.90. The molecule has 0 amide bonds. The van der Waals surface area contributed by atoms with E-state index in [2.05, 4.69) is 11.8 Å². The Bertz CT molecular complexity index is 140. The van der Waals surface area contributed by atoms with Gasteiger partial charge in [-0.05, 0) is 18.8 Å². The molecule has 2 fully saturated rings. The number of hydrogen-bond donors (Lipinski definition) is 1. The average molecular weight is 154 g/mol. The van der Waals surface area contributed by atoms with Crippen molar-refractivity contribution >= 4 is 0 Å². The maximum atomic E-state index is 5.75. The zero-order valence-electron chi connectivity index (χ0n) is 7.29. The molecule has 2 N–H and O–H groups in total. The van der Waals surface area contributed by atoms with Crippen LogP contribution >= 0.6 is 0 Å². The van der Waals surface area contributed by atoms with Crippen LogP contribution in [0.2, 0.25) is 0 Å². The average Bonchev–Trinajstić information content (AvgIpc) is 2.56. The Hall–Kier alpha value is -0.0800. The molecule has 0 radical (unpaired) electrons. The SMILES string of the molecule is CCCC1CN(C2CC2N)C1. The van der Waals surface area contributed by atoms with Crippen molar-refractivity contribution < 1.29 is 0 Å². The summed E-state index contributed by atoms with van der Waals surface area (Å²) in [5, 5.41) is 0. The summed E-state index contributed by atoms with van der Waals surface area (Å²) in [6.07, 6.45) is 4.01. The number of hydrogen-bond acceptors (Lipinski definition) is 2. The van der Waals surface area contributed by atoms with E-state index in [9.17, 15) is 0 Å². The molecular weight excluding hydrogens is 136 g/mol. The second-order valence-corrected chi connectivity index (χ2v) is 4.08. The Labute approximate surface area is 68.7 Å². The lowest BCUT2D eigenvalue weighted by atomic mass is 9.95. The van der Waals surface area contributed by atoms with E-state index in [0.29, 0.717) is 6.04 Å². The van der Waals surface area contributed by atoms with Crippen molar-refractivity contribution in [2.24, 2.45) is 11.7 Å². The topological polar surface area (TPSA) is 29.3 Å². The van der Waals surface area contributed by atoms with Gasteiger partial charge < -0.3 is 5.73 Å². The van der Waals surface area contributed by atoms with E-state index in [1.54, 1.807) is 0 Å². The smallest absolute Gasteiger partial charge is 0.0263 e. The van der Waals surface area contributed by atoms with Gasteiger partial charge in [-0.1, -0.05) is 13.3 Å². The van der Waals surface area contributed by atoms with Gasteiger partial charge in [0.25, 0.3) is 0 Å². The molecule has 1 saturated heterocycles. The minimum Gasteiger partial charge on any atom is -0.326 e. The van der Waals surface area contributed by atoms with Crippen LogP contribution in [0.15, 0.2) is 0 Å². The summed E-state index contributed by atoms with van der Waals surface area (Å²) in [7, 11) is 0. The number of nitrogens with zero attached hydrogens (tertiary/aromatic N) is 1. The van der Waals surface area contributed by atoms with Gasteiger partial charge in [-0.3, -0.25) is 4.90 Å². The largest absolute Gasteiger partial charge is 0.326 e. The molecule has 1 aliphatic heterocycles. The quantitative estimate of drug-likeness (QED) is 0.652. The summed E-state index contributed by atoms with van der Waals surface area (Å²) in [6, 6.07) is 1.28. The summed E-state index contributed by atoms with van der Waals surface area (Å²) >= 11 is 0. The fourth-order valence-electron chi connectivity index (χ4n) is 2.09. The number of rotatable bonds is 3. The Balaban J connectivity index is 1.64. The van der Waals surface area contributed by atoms with Crippen molar-refractivity contribution in [2.45, 2.75) is 38.3 Å². The highest BCUT2D eigenvalue weighted by atomic mass is 15.3. The number of nitrogens with two attached hydrogens (primary N) is 1. The van der Waals surface area contributed by atoms with Crippen molar-refractivity contribution in [3.8, 4) is 0 Å². The van der Waals surface area contributed by atoms with Gasteiger partial charge in [0.15, 0.2) is 0 Å². The standard InChI is InChI=1S/C9H18N2/c1-2-3-7-5-11(6-7)9-4-8(9)10/h7-9H,2-6,10H2,1H3. The summed E-state index contributed by atoms with van der Waals surface area (Å²) in [5.74, 6) is 0.993. The molecular formula is C9H18N2. The monoisotopic (exact) mass is 154 g/mol. The molecule has 1 aliphatic carbocycles. The molecule has 2 nitrogen and oxygen atoms in total. The second kappa shape index (κ2) is 2.76. The molecule has 2 rings (SSSR count). The summed E-state index contributed by atoms with van der Waals surface area (Å²) in [6.45, 7) is 4.92. The fraction of sp³-hybridized carbons (Fsp3) is 1.00. The Morgan fingerprint density at radius 2 is 2.09 bits per heavy atom. The lowest BCUT2D eigenvalue weighted by Crippen LogP contribution is -2.49. The van der Waals surface area contributed by atoms with E-state index >= 15 is 0 Å². The van der Waals surface area contributed by atoms with E-state index < -0.39 is 0 Å². The fourth-order valence-corrected chi connectivity index (χ4v) is 2.09. The van der Waals surface area contributed by atoms with E-state index in [1.807, 2.05) is 0 Å². The lowest BCUT2D eigenvalue weighted by molar-refractivity contribution is 0.0834. The van der Waals surface area contributed by atoms with Gasteiger partial charge in [0.2, 0.25) is 0 Å². The van der Waals surface area contributed by atoms with Crippen LogP contribution in [0.5, 0.6) is 0 Å². The van der Waals surface area contributed by atoms with Crippen LogP contribution < -0.4 is 5.73 Å². The van der Waals surface area contributed by atoms with Crippen LogP contribution in [0.25, 0.3) is 0 Å². The minimum atomic E-state index is 0.512. The maximum absolute atomic E-state index is 5.75. The van der Waals surface area contributed by atoms with Gasteiger partial charge in [0.1, 0.15) is 0 Å². The third-order valence-electron chi connectivity index (χ3n) is 2.96. The highest BCUT2D eigenvalue weighted by molar-refractivity contribution is 5.02. The first-order valence-electron chi connectivity index (χ1n) is 4.81.